The van der Waals surface area contributed by atoms with Crippen molar-refractivity contribution >= 4 is 34.1 Å². The van der Waals surface area contributed by atoms with Gasteiger partial charge in [-0.2, -0.15) is 0 Å². The fourth-order valence-corrected chi connectivity index (χ4v) is 2.73. The first-order valence-electron chi connectivity index (χ1n) is 7.67. The Morgan fingerprint density at radius 1 is 1.21 bits per heavy atom. The normalized spacial score (nSPS) is 10.8. The Kier molecular flexibility index (Phi) is 5.03. The Morgan fingerprint density at radius 2 is 2.08 bits per heavy atom. The predicted molar refractivity (Wildman–Crippen MR) is 96.3 cm³/mol. The summed E-state index contributed by atoms with van der Waals surface area (Å²) < 4.78 is 0. The highest BCUT2D eigenvalue weighted by molar-refractivity contribution is 6.31. The van der Waals surface area contributed by atoms with Crippen LogP contribution in [0.1, 0.15) is 16.8 Å². The highest BCUT2D eigenvalue weighted by atomic mass is 35.5. The maximum absolute atomic E-state index is 13.0. The van der Waals surface area contributed by atoms with Gasteiger partial charge in [-0.05, 0) is 49.4 Å². The van der Waals surface area contributed by atoms with Crippen LogP contribution in [0.3, 0.4) is 0 Å². The zero-order chi connectivity index (χ0) is 16.9. The van der Waals surface area contributed by atoms with E-state index >= 15 is 0 Å². The van der Waals surface area contributed by atoms with E-state index in [-0.39, 0.29) is 5.91 Å². The monoisotopic (exact) mass is 340 g/mol. The van der Waals surface area contributed by atoms with Crippen LogP contribution in [0.25, 0.3) is 10.9 Å². The van der Waals surface area contributed by atoms with E-state index in [2.05, 4.69) is 9.97 Å². The summed E-state index contributed by atoms with van der Waals surface area (Å²) in [6.45, 7) is 1.03. The highest BCUT2D eigenvalue weighted by Gasteiger charge is 2.19. The molecule has 1 aromatic carbocycles. The van der Waals surface area contributed by atoms with Gasteiger partial charge in [-0.25, -0.2) is 0 Å². The molecule has 122 valence electrons. The second-order valence-electron chi connectivity index (χ2n) is 5.33. The fraction of sp³-hybridized carbons (Fsp3) is 0.167. The van der Waals surface area contributed by atoms with Gasteiger partial charge in [0, 0.05) is 35.5 Å². The van der Waals surface area contributed by atoms with E-state index in [1.807, 2.05) is 12.1 Å². The molecule has 0 bridgehead atoms. The first-order chi connectivity index (χ1) is 11.7. The number of benzene rings is 1. The second kappa shape index (κ2) is 7.38. The van der Waals surface area contributed by atoms with Gasteiger partial charge < -0.3 is 10.6 Å². The number of aromatic nitrogens is 2. The van der Waals surface area contributed by atoms with Crippen molar-refractivity contribution in [3.63, 3.8) is 0 Å². The molecule has 3 aromatic rings. The Balaban J connectivity index is 2.08. The van der Waals surface area contributed by atoms with Gasteiger partial charge in [0.25, 0.3) is 5.91 Å². The highest BCUT2D eigenvalue weighted by Crippen LogP contribution is 2.28. The molecule has 0 saturated heterocycles. The lowest BCUT2D eigenvalue weighted by Crippen LogP contribution is -2.33. The molecule has 1 amide bonds. The minimum Gasteiger partial charge on any atom is -0.330 e. The third kappa shape index (κ3) is 3.37. The topological polar surface area (TPSA) is 72.1 Å². The van der Waals surface area contributed by atoms with Crippen molar-refractivity contribution in [3.8, 4) is 0 Å². The number of hydrogen-bond donors (Lipinski definition) is 1. The summed E-state index contributed by atoms with van der Waals surface area (Å²) in [5, 5.41) is 1.48. The van der Waals surface area contributed by atoms with Crippen molar-refractivity contribution in [1.29, 1.82) is 0 Å². The third-order valence-corrected chi connectivity index (χ3v) is 3.95. The van der Waals surface area contributed by atoms with Crippen molar-refractivity contribution in [3.05, 3.63) is 65.6 Å². The van der Waals surface area contributed by atoms with E-state index in [4.69, 9.17) is 17.3 Å². The minimum atomic E-state index is -0.112. The van der Waals surface area contributed by atoms with Crippen molar-refractivity contribution in [1.82, 2.24) is 9.97 Å². The maximum Gasteiger partial charge on any atom is 0.259 e. The molecule has 5 nitrogen and oxygen atoms in total. The van der Waals surface area contributed by atoms with E-state index < -0.39 is 0 Å². The Labute approximate surface area is 145 Å². The van der Waals surface area contributed by atoms with Gasteiger partial charge >= 0.3 is 0 Å². The molecule has 0 radical (unpaired) electrons. The first-order valence-corrected chi connectivity index (χ1v) is 8.05. The van der Waals surface area contributed by atoms with E-state index in [0.29, 0.717) is 30.1 Å². The number of pyridine rings is 2. The molecule has 0 atom stereocenters. The van der Waals surface area contributed by atoms with Crippen molar-refractivity contribution in [2.75, 3.05) is 18.0 Å². The number of amides is 1. The number of nitrogens with zero attached hydrogens (tertiary/aromatic N) is 3. The van der Waals surface area contributed by atoms with Gasteiger partial charge in [0.05, 0.1) is 16.8 Å². The molecule has 24 heavy (non-hydrogen) atoms. The number of carbonyl (C=O) groups excluding carboxylic acids is 1. The van der Waals surface area contributed by atoms with Gasteiger partial charge in [0.15, 0.2) is 0 Å². The van der Waals surface area contributed by atoms with E-state index in [0.717, 1.165) is 16.6 Å². The first kappa shape index (κ1) is 16.4. The fourth-order valence-electron chi connectivity index (χ4n) is 2.57. The molecule has 3 rings (SSSR count). The summed E-state index contributed by atoms with van der Waals surface area (Å²) in [7, 11) is 0. The molecule has 2 N–H and O–H groups in total. The van der Waals surface area contributed by atoms with Crippen LogP contribution in [-0.2, 0) is 0 Å². The second-order valence-corrected chi connectivity index (χ2v) is 5.77. The number of rotatable bonds is 5. The number of nitrogens with two attached hydrogens (primary N) is 1. The largest absolute Gasteiger partial charge is 0.330 e. The van der Waals surface area contributed by atoms with Crippen LogP contribution in [0, 0.1) is 0 Å². The molecule has 0 aliphatic rings. The average Bonchev–Trinajstić information content (AvgIpc) is 2.62. The summed E-state index contributed by atoms with van der Waals surface area (Å²) in [6.07, 6.45) is 5.59. The molecule has 2 heterocycles. The molecular weight excluding hydrogens is 324 g/mol. The van der Waals surface area contributed by atoms with Crippen LogP contribution in [0.5, 0.6) is 0 Å². The van der Waals surface area contributed by atoms with Crippen molar-refractivity contribution in [2.45, 2.75) is 6.42 Å². The molecule has 0 unspecified atom stereocenters. The van der Waals surface area contributed by atoms with Crippen molar-refractivity contribution in [2.24, 2.45) is 5.73 Å². The zero-order valence-electron chi connectivity index (χ0n) is 13.0. The molecule has 6 heteroatoms. The van der Waals surface area contributed by atoms with E-state index in [9.17, 15) is 4.79 Å². The lowest BCUT2D eigenvalue weighted by molar-refractivity contribution is 0.0986. The van der Waals surface area contributed by atoms with E-state index in [1.165, 1.54) is 0 Å². The summed E-state index contributed by atoms with van der Waals surface area (Å²) >= 11 is 6.05. The summed E-state index contributed by atoms with van der Waals surface area (Å²) in [6, 6.07) is 10.8. The van der Waals surface area contributed by atoms with Crippen molar-refractivity contribution < 1.29 is 4.79 Å². The third-order valence-electron chi connectivity index (χ3n) is 3.71. The summed E-state index contributed by atoms with van der Waals surface area (Å²) in [5.41, 5.74) is 7.72. The average molecular weight is 341 g/mol. The smallest absolute Gasteiger partial charge is 0.259 e. The van der Waals surface area contributed by atoms with Gasteiger partial charge in [0.2, 0.25) is 0 Å². The summed E-state index contributed by atoms with van der Waals surface area (Å²) in [4.78, 5) is 23.1. The standard InChI is InChI=1S/C18H17ClN4O/c19-14-4-5-15-16(11-14)22-9-6-17(15)23(10-2-7-20)18(24)13-3-1-8-21-12-13/h1,3-6,8-9,11-12H,2,7,10,20H2. The Bertz CT molecular complexity index is 854. The molecule has 0 aliphatic heterocycles. The number of halogens is 1. The molecular formula is C18H17ClN4O. The molecule has 0 aliphatic carbocycles. The number of anilines is 1. The maximum atomic E-state index is 13.0. The van der Waals surface area contributed by atoms with E-state index in [1.54, 1.807) is 47.8 Å². The molecule has 2 aromatic heterocycles. The summed E-state index contributed by atoms with van der Waals surface area (Å²) in [5.74, 6) is -0.112. The Hall–Kier alpha value is -2.50. The molecule has 0 saturated carbocycles. The van der Waals surface area contributed by atoms with Crippen LogP contribution in [0.4, 0.5) is 5.69 Å². The number of carbonyl (C=O) groups is 1. The van der Waals surface area contributed by atoms with Gasteiger partial charge in [-0.3, -0.25) is 14.8 Å². The Morgan fingerprint density at radius 3 is 2.83 bits per heavy atom. The van der Waals surface area contributed by atoms with Crippen LogP contribution in [-0.4, -0.2) is 29.0 Å². The van der Waals surface area contributed by atoms with Crippen LogP contribution in [0.2, 0.25) is 5.02 Å². The number of fused-ring (bicyclic) bond motifs is 1. The predicted octanol–water partition coefficient (Wildman–Crippen LogP) is 3.28. The lowest BCUT2D eigenvalue weighted by atomic mass is 10.1. The minimum absolute atomic E-state index is 0.112. The van der Waals surface area contributed by atoms with Gasteiger partial charge in [-0.1, -0.05) is 11.6 Å². The molecule has 0 fully saturated rings. The quantitative estimate of drug-likeness (QED) is 0.773. The molecule has 0 spiro atoms. The lowest BCUT2D eigenvalue weighted by Gasteiger charge is -2.24. The van der Waals surface area contributed by atoms with Crippen LogP contribution in [0.15, 0.2) is 55.0 Å². The zero-order valence-corrected chi connectivity index (χ0v) is 13.8. The van der Waals surface area contributed by atoms with Crippen LogP contribution >= 0.6 is 11.6 Å². The van der Waals surface area contributed by atoms with Crippen LogP contribution < -0.4 is 10.6 Å². The SMILES string of the molecule is NCCCN(C(=O)c1cccnc1)c1ccnc2cc(Cl)ccc12. The number of hydrogen-bond acceptors (Lipinski definition) is 4. The van der Waals surface area contributed by atoms with Gasteiger partial charge in [0.1, 0.15) is 0 Å². The van der Waals surface area contributed by atoms with Gasteiger partial charge in [-0.15, -0.1) is 0 Å².